The van der Waals surface area contributed by atoms with Crippen LogP contribution in [-0.4, -0.2) is 36.5 Å². The molecule has 0 bridgehead atoms. The number of benzene rings is 3. The summed E-state index contributed by atoms with van der Waals surface area (Å²) in [5.41, 5.74) is 1.18. The number of carbonyl (C=O) groups excluding carboxylic acids is 3. The molecule has 0 saturated carbocycles. The van der Waals surface area contributed by atoms with Gasteiger partial charge in [-0.3, -0.25) is 14.5 Å². The molecular weight excluding hydrogens is 472 g/mol. The van der Waals surface area contributed by atoms with Gasteiger partial charge in [-0.05, 0) is 54.1 Å². The Labute approximate surface area is 205 Å². The van der Waals surface area contributed by atoms with Gasteiger partial charge in [0.25, 0.3) is 11.8 Å². The first-order chi connectivity index (χ1) is 17.3. The van der Waals surface area contributed by atoms with Crippen molar-refractivity contribution >= 4 is 29.6 Å². The van der Waals surface area contributed by atoms with Crippen LogP contribution >= 0.6 is 0 Å². The number of hydrogen-bond donors (Lipinski definition) is 2. The second-order valence-corrected chi connectivity index (χ2v) is 7.72. The molecule has 1 fully saturated rings. The molecule has 2 N–H and O–H groups in total. The van der Waals surface area contributed by atoms with Crippen LogP contribution in [-0.2, 0) is 16.1 Å². The topological polar surface area (TPSA) is 97.0 Å². The van der Waals surface area contributed by atoms with Gasteiger partial charge >= 0.3 is 6.03 Å². The van der Waals surface area contributed by atoms with Gasteiger partial charge in [-0.25, -0.2) is 13.6 Å². The zero-order chi connectivity index (χ0) is 25.7. The molecule has 10 heteroatoms. The van der Waals surface area contributed by atoms with Crippen LogP contribution in [0.15, 0.2) is 72.4 Å². The fourth-order valence-corrected chi connectivity index (χ4v) is 3.45. The number of carbonyl (C=O) groups is 3. The number of halogens is 2. The zero-order valence-corrected chi connectivity index (χ0v) is 19.1. The van der Waals surface area contributed by atoms with Crippen molar-refractivity contribution in [1.29, 1.82) is 0 Å². The molecule has 1 saturated heterocycles. The van der Waals surface area contributed by atoms with E-state index >= 15 is 0 Å². The highest BCUT2D eigenvalue weighted by Gasteiger charge is 2.34. The molecule has 0 atom stereocenters. The molecule has 1 aliphatic heterocycles. The highest BCUT2D eigenvalue weighted by Crippen LogP contribution is 2.29. The minimum atomic E-state index is -0.659. The van der Waals surface area contributed by atoms with Crippen LogP contribution < -0.4 is 20.1 Å². The van der Waals surface area contributed by atoms with Gasteiger partial charge in [0.15, 0.2) is 18.1 Å². The molecular formula is C26H21F2N3O5. The van der Waals surface area contributed by atoms with E-state index in [0.717, 1.165) is 4.90 Å². The van der Waals surface area contributed by atoms with Gasteiger partial charge < -0.3 is 20.1 Å². The molecule has 3 aromatic rings. The average molecular weight is 493 g/mol. The Morgan fingerprint density at radius 2 is 1.78 bits per heavy atom. The van der Waals surface area contributed by atoms with Gasteiger partial charge in [0.1, 0.15) is 17.3 Å². The summed E-state index contributed by atoms with van der Waals surface area (Å²) in [6.07, 6.45) is 1.45. The molecule has 184 valence electrons. The van der Waals surface area contributed by atoms with Crippen LogP contribution in [0.25, 0.3) is 6.08 Å². The molecule has 8 nitrogen and oxygen atoms in total. The Morgan fingerprint density at radius 1 is 1.03 bits per heavy atom. The third-order valence-electron chi connectivity index (χ3n) is 5.23. The van der Waals surface area contributed by atoms with E-state index in [2.05, 4.69) is 10.6 Å². The number of amides is 4. The number of nitrogens with one attached hydrogen (secondary N) is 2. The summed E-state index contributed by atoms with van der Waals surface area (Å²) < 4.78 is 37.8. The van der Waals surface area contributed by atoms with E-state index in [4.69, 9.17) is 9.47 Å². The van der Waals surface area contributed by atoms with Crippen LogP contribution in [0, 0.1) is 11.6 Å². The molecule has 3 aromatic carbocycles. The maximum atomic E-state index is 14.0. The Kier molecular flexibility index (Phi) is 7.24. The number of hydrogen-bond acceptors (Lipinski definition) is 5. The van der Waals surface area contributed by atoms with Crippen molar-refractivity contribution < 1.29 is 32.6 Å². The van der Waals surface area contributed by atoms with Gasteiger partial charge in [0, 0.05) is 11.3 Å². The fourth-order valence-electron chi connectivity index (χ4n) is 3.45. The third kappa shape index (κ3) is 5.66. The molecule has 4 rings (SSSR count). The number of anilines is 1. The normalized spacial score (nSPS) is 14.1. The summed E-state index contributed by atoms with van der Waals surface area (Å²) >= 11 is 0. The summed E-state index contributed by atoms with van der Waals surface area (Å²) in [7, 11) is 1.41. The van der Waals surface area contributed by atoms with Crippen LogP contribution in [0.4, 0.5) is 19.3 Å². The molecule has 1 heterocycles. The summed E-state index contributed by atoms with van der Waals surface area (Å²) in [6.45, 7) is -0.529. The van der Waals surface area contributed by atoms with Crippen molar-refractivity contribution in [3.8, 4) is 11.5 Å². The van der Waals surface area contributed by atoms with Gasteiger partial charge in [-0.15, -0.1) is 0 Å². The predicted molar refractivity (Wildman–Crippen MR) is 127 cm³/mol. The predicted octanol–water partition coefficient (Wildman–Crippen LogP) is 4.08. The first-order valence-corrected chi connectivity index (χ1v) is 10.8. The summed E-state index contributed by atoms with van der Waals surface area (Å²) in [4.78, 5) is 38.1. The van der Waals surface area contributed by atoms with Gasteiger partial charge in [-0.1, -0.05) is 24.3 Å². The van der Waals surface area contributed by atoms with Crippen LogP contribution in [0.5, 0.6) is 11.5 Å². The molecule has 0 aromatic heterocycles. The fraction of sp³-hybridized carbons (Fsp3) is 0.115. The highest BCUT2D eigenvalue weighted by atomic mass is 19.1. The summed E-state index contributed by atoms with van der Waals surface area (Å²) in [6, 6.07) is 15.3. The lowest BCUT2D eigenvalue weighted by Gasteiger charge is -2.12. The largest absolute Gasteiger partial charge is 0.493 e. The van der Waals surface area contributed by atoms with Crippen LogP contribution in [0.3, 0.4) is 0 Å². The van der Waals surface area contributed by atoms with E-state index < -0.39 is 29.5 Å². The van der Waals surface area contributed by atoms with Gasteiger partial charge in [0.2, 0.25) is 0 Å². The van der Waals surface area contributed by atoms with Crippen molar-refractivity contribution in [2.45, 2.75) is 6.54 Å². The van der Waals surface area contributed by atoms with Gasteiger partial charge in [-0.2, -0.15) is 0 Å². The molecule has 4 amide bonds. The van der Waals surface area contributed by atoms with E-state index in [1.54, 1.807) is 24.3 Å². The third-order valence-corrected chi connectivity index (χ3v) is 5.23. The molecule has 0 aliphatic carbocycles. The van der Waals surface area contributed by atoms with Crippen molar-refractivity contribution in [3.05, 3.63) is 95.2 Å². The number of rotatable bonds is 8. The van der Waals surface area contributed by atoms with Crippen molar-refractivity contribution in [2.24, 2.45) is 0 Å². The maximum absolute atomic E-state index is 14.0. The second kappa shape index (κ2) is 10.7. The molecule has 0 spiro atoms. The maximum Gasteiger partial charge on any atom is 0.329 e. The zero-order valence-electron chi connectivity index (χ0n) is 19.1. The van der Waals surface area contributed by atoms with E-state index in [-0.39, 0.29) is 30.2 Å². The Balaban J connectivity index is 1.42. The van der Waals surface area contributed by atoms with Crippen molar-refractivity contribution in [3.63, 3.8) is 0 Å². The number of ether oxygens (including phenoxy) is 2. The number of nitrogens with zero attached hydrogens (tertiary/aromatic N) is 1. The molecule has 36 heavy (non-hydrogen) atoms. The lowest BCUT2D eigenvalue weighted by atomic mass is 10.1. The highest BCUT2D eigenvalue weighted by molar-refractivity contribution is 6.13. The van der Waals surface area contributed by atoms with Crippen molar-refractivity contribution in [2.75, 3.05) is 19.0 Å². The van der Waals surface area contributed by atoms with Crippen LogP contribution in [0.1, 0.15) is 11.1 Å². The quantitative estimate of drug-likeness (QED) is 0.364. The SMILES string of the molecule is COc1cc(/C=C2/NC(=O)N(Cc3ccccc3F)C2=O)ccc1OCC(=O)Nc1ccc(F)cc1. The van der Waals surface area contributed by atoms with Gasteiger partial charge in [0.05, 0.1) is 13.7 Å². The summed E-state index contributed by atoms with van der Waals surface area (Å²) in [5, 5.41) is 5.07. The smallest absolute Gasteiger partial charge is 0.329 e. The lowest BCUT2D eigenvalue weighted by Crippen LogP contribution is -2.30. The minimum absolute atomic E-state index is 0.0192. The molecule has 0 radical (unpaired) electrons. The monoisotopic (exact) mass is 493 g/mol. The van der Waals surface area contributed by atoms with Crippen LogP contribution in [0.2, 0.25) is 0 Å². The second-order valence-electron chi connectivity index (χ2n) is 7.72. The first kappa shape index (κ1) is 24.4. The number of urea groups is 1. The van der Waals surface area contributed by atoms with Crippen molar-refractivity contribution in [1.82, 2.24) is 10.2 Å². The Hall–Kier alpha value is -4.73. The lowest BCUT2D eigenvalue weighted by molar-refractivity contribution is -0.123. The first-order valence-electron chi connectivity index (χ1n) is 10.8. The number of imide groups is 1. The Bertz CT molecular complexity index is 1340. The molecule has 0 unspecified atom stereocenters. The average Bonchev–Trinajstić information content (AvgIpc) is 3.13. The minimum Gasteiger partial charge on any atom is -0.493 e. The Morgan fingerprint density at radius 3 is 2.50 bits per heavy atom. The van der Waals surface area contributed by atoms with E-state index in [1.807, 2.05) is 0 Å². The summed E-state index contributed by atoms with van der Waals surface area (Å²) in [5.74, 6) is -1.41. The standard InChI is InChI=1S/C26H21F2N3O5/c1-35-23-13-16(6-11-22(23)36-15-24(32)29-19-9-7-18(27)8-10-19)12-21-25(33)31(26(34)30-21)14-17-4-2-3-5-20(17)28/h2-13H,14-15H2,1H3,(H,29,32)(H,30,34)/b21-12+. The van der Waals surface area contributed by atoms with E-state index in [1.165, 1.54) is 55.7 Å². The molecule has 1 aliphatic rings. The number of methoxy groups -OCH3 is 1. The van der Waals surface area contributed by atoms with E-state index in [9.17, 15) is 23.2 Å². The van der Waals surface area contributed by atoms with E-state index in [0.29, 0.717) is 17.0 Å².